The summed E-state index contributed by atoms with van der Waals surface area (Å²) in [6.45, 7) is 13.9. The monoisotopic (exact) mass is 508 g/mol. The van der Waals surface area contributed by atoms with Crippen molar-refractivity contribution in [3.8, 4) is 0 Å². The third-order valence-electron chi connectivity index (χ3n) is 10.4. The van der Waals surface area contributed by atoms with Gasteiger partial charge in [-0.05, 0) is 24.0 Å². The Hall–Kier alpha value is -2.38. The van der Waals surface area contributed by atoms with Crippen LogP contribution in [0.2, 0.25) is 0 Å². The molecular weight excluding hydrogens is 468 g/mol. The number of fused-ring (bicyclic) bond motifs is 2. The highest BCUT2D eigenvalue weighted by Crippen LogP contribution is 2.43. The van der Waals surface area contributed by atoms with E-state index < -0.39 is 0 Å². The Morgan fingerprint density at radius 2 is 0.868 bits per heavy atom. The normalized spacial score (nSPS) is 43.1. The number of hydrogen-bond donors (Lipinski definition) is 0. The lowest BCUT2D eigenvalue weighted by atomic mass is 9.67. The lowest BCUT2D eigenvalue weighted by Gasteiger charge is -2.51. The minimum atomic E-state index is 0.0749. The van der Waals surface area contributed by atoms with E-state index in [0.29, 0.717) is 11.8 Å². The van der Waals surface area contributed by atoms with Crippen molar-refractivity contribution in [3.05, 3.63) is 71.8 Å². The van der Waals surface area contributed by atoms with E-state index in [0.717, 1.165) is 65.2 Å². The molecule has 8 aliphatic heterocycles. The predicted molar refractivity (Wildman–Crippen MR) is 153 cm³/mol. The topological polar surface area (TPSA) is 37.7 Å². The molecule has 6 nitrogen and oxygen atoms in total. The van der Waals surface area contributed by atoms with Gasteiger partial charge >= 0.3 is 0 Å². The predicted octanol–water partition coefficient (Wildman–Crippen LogP) is 2.76. The first-order chi connectivity index (χ1) is 18.7. The standard InChI is InChI=1S/C32H40N6/c1-3-7-25(8-4-1)15-31-21-35-11-12-36(22-31)18-27(17-35)29(31)33-34-30-28-19-37-13-14-38(20-28)24-32(30,23-37)16-26-9-5-2-6-10-26/h1-10,27-28H,11-24H2. The van der Waals surface area contributed by atoms with E-state index in [9.17, 15) is 0 Å². The summed E-state index contributed by atoms with van der Waals surface area (Å²) in [6, 6.07) is 22.3. The second-order valence-electron chi connectivity index (χ2n) is 13.2. The van der Waals surface area contributed by atoms with Gasteiger partial charge in [0.05, 0.1) is 11.4 Å². The number of hydrogen-bond acceptors (Lipinski definition) is 6. The third-order valence-corrected chi connectivity index (χ3v) is 10.4. The molecule has 0 spiro atoms. The first kappa shape index (κ1) is 23.5. The van der Waals surface area contributed by atoms with E-state index >= 15 is 0 Å². The molecule has 8 fully saturated rings. The molecule has 0 amide bonds. The first-order valence-electron chi connectivity index (χ1n) is 14.8. The number of nitrogens with zero attached hydrogens (tertiary/aromatic N) is 6. The van der Waals surface area contributed by atoms with Crippen molar-refractivity contribution < 1.29 is 0 Å². The quantitative estimate of drug-likeness (QED) is 0.583. The zero-order valence-corrected chi connectivity index (χ0v) is 22.5. The van der Waals surface area contributed by atoms with E-state index in [1.54, 1.807) is 0 Å². The molecule has 0 radical (unpaired) electrons. The van der Waals surface area contributed by atoms with Crippen molar-refractivity contribution in [1.29, 1.82) is 0 Å². The number of benzene rings is 2. The Morgan fingerprint density at radius 1 is 0.526 bits per heavy atom. The average molecular weight is 509 g/mol. The fraction of sp³-hybridized carbons (Fsp3) is 0.562. The van der Waals surface area contributed by atoms with E-state index in [-0.39, 0.29) is 10.8 Å². The van der Waals surface area contributed by atoms with Crippen molar-refractivity contribution in [3.63, 3.8) is 0 Å². The molecule has 38 heavy (non-hydrogen) atoms. The molecule has 2 aromatic rings. The van der Waals surface area contributed by atoms with E-state index in [1.807, 2.05) is 0 Å². The van der Waals surface area contributed by atoms with Gasteiger partial charge in [0, 0.05) is 101 Å². The third kappa shape index (κ3) is 4.00. The van der Waals surface area contributed by atoms with E-state index in [4.69, 9.17) is 10.2 Å². The minimum absolute atomic E-state index is 0.0749. The highest BCUT2D eigenvalue weighted by molar-refractivity contribution is 5.98. The minimum Gasteiger partial charge on any atom is -0.300 e. The van der Waals surface area contributed by atoms with Crippen LogP contribution in [0.5, 0.6) is 0 Å². The summed E-state index contributed by atoms with van der Waals surface area (Å²) in [4.78, 5) is 10.9. The molecular formula is C32H40N6. The van der Waals surface area contributed by atoms with Gasteiger partial charge in [-0.3, -0.25) is 0 Å². The SMILES string of the molecule is c1ccc(CC23CN4CCN(CC(C4)C2=NN=C2C4CN5CCN(C4)CC2(Cc2ccccc2)C5)C3)cc1. The molecule has 8 heterocycles. The summed E-state index contributed by atoms with van der Waals surface area (Å²) in [5.74, 6) is 1.01. The van der Waals surface area contributed by atoms with Crippen LogP contribution in [0.4, 0.5) is 0 Å². The molecule has 8 bridgehead atoms. The van der Waals surface area contributed by atoms with Crippen LogP contribution in [0.3, 0.4) is 0 Å². The molecule has 0 aromatic heterocycles. The van der Waals surface area contributed by atoms with Crippen LogP contribution in [0.15, 0.2) is 70.9 Å². The van der Waals surface area contributed by atoms with Gasteiger partial charge in [-0.1, -0.05) is 60.7 Å². The highest BCUT2D eigenvalue weighted by Gasteiger charge is 2.54. The maximum Gasteiger partial charge on any atom is 0.0552 e. The smallest absolute Gasteiger partial charge is 0.0552 e. The summed E-state index contributed by atoms with van der Waals surface area (Å²) < 4.78 is 0. The van der Waals surface area contributed by atoms with Gasteiger partial charge in [0.2, 0.25) is 0 Å². The van der Waals surface area contributed by atoms with Crippen LogP contribution < -0.4 is 0 Å². The van der Waals surface area contributed by atoms with Crippen molar-refractivity contribution in [1.82, 2.24) is 19.6 Å². The molecule has 8 aliphatic rings. The van der Waals surface area contributed by atoms with Gasteiger partial charge in [-0.2, -0.15) is 10.2 Å². The Bertz CT molecular complexity index is 1110. The van der Waals surface area contributed by atoms with Crippen LogP contribution in [0.25, 0.3) is 0 Å². The maximum absolute atomic E-state index is 5.41. The molecule has 0 N–H and O–H groups in total. The van der Waals surface area contributed by atoms with Crippen LogP contribution in [0.1, 0.15) is 11.1 Å². The van der Waals surface area contributed by atoms with E-state index in [1.165, 1.54) is 48.7 Å². The van der Waals surface area contributed by atoms with Crippen molar-refractivity contribution in [2.75, 3.05) is 78.5 Å². The molecule has 0 aliphatic carbocycles. The van der Waals surface area contributed by atoms with Gasteiger partial charge in [0.25, 0.3) is 0 Å². The molecule has 10 rings (SSSR count). The molecule has 0 saturated carbocycles. The van der Waals surface area contributed by atoms with Gasteiger partial charge in [0.15, 0.2) is 0 Å². The Morgan fingerprint density at radius 3 is 1.21 bits per heavy atom. The lowest BCUT2D eigenvalue weighted by Crippen LogP contribution is -2.63. The summed E-state index contributed by atoms with van der Waals surface area (Å²) in [7, 11) is 0. The maximum atomic E-state index is 5.41. The highest BCUT2D eigenvalue weighted by atomic mass is 15.3. The zero-order valence-electron chi connectivity index (χ0n) is 22.5. The molecule has 4 atom stereocenters. The second kappa shape index (κ2) is 9.09. The largest absolute Gasteiger partial charge is 0.300 e. The zero-order chi connectivity index (χ0) is 25.2. The van der Waals surface area contributed by atoms with Gasteiger partial charge < -0.3 is 19.6 Å². The van der Waals surface area contributed by atoms with Crippen LogP contribution in [-0.4, -0.2) is 110 Å². The molecule has 2 aromatic carbocycles. The molecule has 4 unspecified atom stereocenters. The van der Waals surface area contributed by atoms with Crippen LogP contribution >= 0.6 is 0 Å². The molecule has 6 heteroatoms. The van der Waals surface area contributed by atoms with Gasteiger partial charge in [-0.25, -0.2) is 0 Å². The Kier molecular flexibility index (Phi) is 5.62. The molecule has 198 valence electrons. The van der Waals surface area contributed by atoms with Gasteiger partial charge in [0.1, 0.15) is 0 Å². The summed E-state index contributed by atoms with van der Waals surface area (Å²) in [6.07, 6.45) is 2.14. The van der Waals surface area contributed by atoms with E-state index in [2.05, 4.69) is 80.3 Å². The first-order valence-corrected chi connectivity index (χ1v) is 14.8. The fourth-order valence-corrected chi connectivity index (χ4v) is 9.08. The summed E-state index contributed by atoms with van der Waals surface area (Å²) >= 11 is 0. The number of rotatable bonds is 5. The van der Waals surface area contributed by atoms with Crippen molar-refractivity contribution >= 4 is 11.4 Å². The van der Waals surface area contributed by atoms with Crippen molar-refractivity contribution in [2.24, 2.45) is 32.9 Å². The van der Waals surface area contributed by atoms with Gasteiger partial charge in [-0.15, -0.1) is 0 Å². The van der Waals surface area contributed by atoms with Crippen LogP contribution in [-0.2, 0) is 12.8 Å². The summed E-state index contributed by atoms with van der Waals surface area (Å²) in [5, 5.41) is 10.8. The average Bonchev–Trinajstić information content (AvgIpc) is 3.30. The van der Waals surface area contributed by atoms with Crippen LogP contribution in [0, 0.1) is 22.7 Å². The Labute approximate surface area is 227 Å². The van der Waals surface area contributed by atoms with Crippen molar-refractivity contribution in [2.45, 2.75) is 12.8 Å². The Balaban J connectivity index is 1.21. The second-order valence-corrected chi connectivity index (χ2v) is 13.2. The fourth-order valence-electron chi connectivity index (χ4n) is 9.08. The number of piperidine rings is 4. The lowest BCUT2D eigenvalue weighted by molar-refractivity contribution is 0.115. The summed E-state index contributed by atoms with van der Waals surface area (Å²) in [5.41, 5.74) is 5.83. The molecule has 8 saturated heterocycles.